The second-order valence-corrected chi connectivity index (χ2v) is 4.21. The van der Waals surface area contributed by atoms with Crippen LogP contribution in [0.5, 0.6) is 5.75 Å². The van der Waals surface area contributed by atoms with E-state index in [0.717, 1.165) is 11.3 Å². The Bertz CT molecular complexity index is 486. The molecule has 0 bridgehead atoms. The highest BCUT2D eigenvalue weighted by atomic mass is 32.1. The molecule has 94 valence electrons. The summed E-state index contributed by atoms with van der Waals surface area (Å²) in [6, 6.07) is 7.32. The standard InChI is InChI=1S/C11H11N4O2S/c12-13-5-9(16)6-17-10-3-1-8(2-4-10)11-7-18-15-14-11/h1-4,7,9,16H,5-6H2/q-1/t9-/m1/s1. The minimum absolute atomic E-state index is 0.0530. The first-order valence-corrected chi connectivity index (χ1v) is 6.12. The van der Waals surface area contributed by atoms with Gasteiger partial charge in [-0.05, 0) is 35.8 Å². The highest BCUT2D eigenvalue weighted by molar-refractivity contribution is 7.03. The van der Waals surface area contributed by atoms with Crippen molar-refractivity contribution in [2.75, 3.05) is 13.2 Å². The summed E-state index contributed by atoms with van der Waals surface area (Å²) in [5, 5.41) is 18.0. The second kappa shape index (κ2) is 6.18. The Labute approximate surface area is 108 Å². The van der Waals surface area contributed by atoms with Gasteiger partial charge in [0.15, 0.2) is 0 Å². The third-order valence-electron chi connectivity index (χ3n) is 2.24. The summed E-state index contributed by atoms with van der Waals surface area (Å²) < 4.78 is 9.13. The molecule has 0 amide bonds. The first-order valence-electron chi connectivity index (χ1n) is 5.29. The molecule has 0 aliphatic carbocycles. The van der Waals surface area contributed by atoms with E-state index in [-0.39, 0.29) is 13.2 Å². The maximum atomic E-state index is 9.32. The van der Waals surface area contributed by atoms with Gasteiger partial charge in [-0.25, -0.2) is 0 Å². The average molecular weight is 263 g/mol. The molecule has 0 fully saturated rings. The minimum atomic E-state index is -0.808. The molecule has 1 aromatic heterocycles. The molecular formula is C11H11N4O2S-. The number of aromatic nitrogens is 2. The molecule has 0 saturated heterocycles. The van der Waals surface area contributed by atoms with Gasteiger partial charge in [0.25, 0.3) is 0 Å². The van der Waals surface area contributed by atoms with Crippen molar-refractivity contribution in [3.8, 4) is 17.0 Å². The number of rotatable bonds is 6. The summed E-state index contributed by atoms with van der Waals surface area (Å²) in [6.07, 6.45) is -0.808. The Balaban J connectivity index is 1.94. The molecule has 1 heterocycles. The SMILES string of the molecule is [N-]=NC[C@@H](O)COc1ccc(-c2csnn2)cc1. The van der Waals surface area contributed by atoms with Gasteiger partial charge >= 0.3 is 0 Å². The van der Waals surface area contributed by atoms with Gasteiger partial charge in [0.2, 0.25) is 0 Å². The molecule has 1 atom stereocenters. The summed E-state index contributed by atoms with van der Waals surface area (Å²) in [6.45, 7) is 0.0320. The van der Waals surface area contributed by atoms with Crippen LogP contribution in [0.15, 0.2) is 34.8 Å². The van der Waals surface area contributed by atoms with Crippen LogP contribution >= 0.6 is 11.5 Å². The molecule has 1 N–H and O–H groups in total. The highest BCUT2D eigenvalue weighted by Crippen LogP contribution is 2.21. The lowest BCUT2D eigenvalue weighted by atomic mass is 10.2. The smallest absolute Gasteiger partial charge is 0.119 e. The lowest BCUT2D eigenvalue weighted by Crippen LogP contribution is -2.20. The van der Waals surface area contributed by atoms with Crippen molar-refractivity contribution in [1.29, 1.82) is 0 Å². The Kier molecular flexibility index (Phi) is 4.32. The van der Waals surface area contributed by atoms with Gasteiger partial charge in [-0.2, -0.15) is 0 Å². The van der Waals surface area contributed by atoms with E-state index in [1.165, 1.54) is 11.5 Å². The van der Waals surface area contributed by atoms with Crippen molar-refractivity contribution in [3.05, 3.63) is 35.2 Å². The van der Waals surface area contributed by atoms with E-state index < -0.39 is 6.10 Å². The summed E-state index contributed by atoms with van der Waals surface area (Å²) >= 11 is 1.30. The molecule has 0 spiro atoms. The van der Waals surface area contributed by atoms with E-state index in [2.05, 4.69) is 14.7 Å². The summed E-state index contributed by atoms with van der Waals surface area (Å²) in [5.74, 6) is 0.638. The number of aliphatic hydroxyl groups excluding tert-OH is 1. The lowest BCUT2D eigenvalue weighted by molar-refractivity contribution is 0.114. The first kappa shape index (κ1) is 12.6. The largest absolute Gasteiger partial charge is 0.712 e. The molecule has 7 heteroatoms. The summed E-state index contributed by atoms with van der Waals surface area (Å²) in [4.78, 5) is 0. The lowest BCUT2D eigenvalue weighted by Gasteiger charge is -2.11. The zero-order valence-electron chi connectivity index (χ0n) is 9.43. The van der Waals surface area contributed by atoms with E-state index in [1.54, 1.807) is 12.1 Å². The average Bonchev–Trinajstić information content (AvgIpc) is 2.91. The quantitative estimate of drug-likeness (QED) is 0.807. The predicted octanol–water partition coefficient (Wildman–Crippen LogP) is 1.97. The molecule has 0 aliphatic rings. The van der Waals surface area contributed by atoms with Gasteiger partial charge in [-0.3, -0.25) is 0 Å². The van der Waals surface area contributed by atoms with Gasteiger partial charge in [0, 0.05) is 17.5 Å². The van der Waals surface area contributed by atoms with E-state index >= 15 is 0 Å². The van der Waals surface area contributed by atoms with Crippen LogP contribution in [-0.4, -0.2) is 33.9 Å². The number of benzene rings is 1. The van der Waals surface area contributed by atoms with Gasteiger partial charge in [-0.1, -0.05) is 4.49 Å². The van der Waals surface area contributed by atoms with Crippen LogP contribution in [-0.2, 0) is 0 Å². The van der Waals surface area contributed by atoms with Crippen LogP contribution in [0.1, 0.15) is 0 Å². The van der Waals surface area contributed by atoms with Crippen LogP contribution in [0.25, 0.3) is 16.8 Å². The maximum Gasteiger partial charge on any atom is 0.119 e. The van der Waals surface area contributed by atoms with Crippen molar-refractivity contribution < 1.29 is 9.84 Å². The third-order valence-corrected chi connectivity index (χ3v) is 2.75. The van der Waals surface area contributed by atoms with E-state index in [0.29, 0.717) is 5.75 Å². The van der Waals surface area contributed by atoms with Crippen molar-refractivity contribution in [2.24, 2.45) is 5.11 Å². The molecule has 2 rings (SSSR count). The van der Waals surface area contributed by atoms with Crippen molar-refractivity contribution in [3.63, 3.8) is 0 Å². The molecule has 0 radical (unpaired) electrons. The molecule has 2 aromatic rings. The summed E-state index contributed by atoms with van der Waals surface area (Å²) in [7, 11) is 0. The Morgan fingerprint density at radius 1 is 1.39 bits per heavy atom. The molecule has 0 saturated carbocycles. The predicted molar refractivity (Wildman–Crippen MR) is 67.5 cm³/mol. The normalized spacial score (nSPS) is 12.1. The van der Waals surface area contributed by atoms with Gasteiger partial charge in [0.05, 0.1) is 0 Å². The monoisotopic (exact) mass is 263 g/mol. The van der Waals surface area contributed by atoms with Crippen LogP contribution in [0.3, 0.4) is 0 Å². The van der Waals surface area contributed by atoms with Crippen LogP contribution in [0, 0.1) is 0 Å². The second-order valence-electron chi connectivity index (χ2n) is 3.60. The molecular weight excluding hydrogens is 252 g/mol. The topological polar surface area (TPSA) is 89.9 Å². The van der Waals surface area contributed by atoms with Crippen molar-refractivity contribution >= 4 is 11.5 Å². The fourth-order valence-corrected chi connectivity index (χ4v) is 1.82. The van der Waals surface area contributed by atoms with Gasteiger partial charge < -0.3 is 20.5 Å². The van der Waals surface area contributed by atoms with Crippen molar-refractivity contribution in [2.45, 2.75) is 6.10 Å². The van der Waals surface area contributed by atoms with Crippen LogP contribution in [0.2, 0.25) is 0 Å². The zero-order valence-corrected chi connectivity index (χ0v) is 10.2. The molecule has 0 unspecified atom stereocenters. The molecule has 18 heavy (non-hydrogen) atoms. The fraction of sp³-hybridized carbons (Fsp3) is 0.273. The first-order chi connectivity index (χ1) is 8.79. The number of aliphatic hydroxyl groups is 1. The fourth-order valence-electron chi connectivity index (χ4n) is 1.35. The third kappa shape index (κ3) is 3.31. The molecule has 1 aromatic carbocycles. The van der Waals surface area contributed by atoms with E-state index in [4.69, 9.17) is 10.3 Å². The van der Waals surface area contributed by atoms with Gasteiger partial charge in [0.1, 0.15) is 24.2 Å². The highest BCUT2D eigenvalue weighted by Gasteiger charge is 2.04. The minimum Gasteiger partial charge on any atom is -0.712 e. The van der Waals surface area contributed by atoms with E-state index in [1.807, 2.05) is 17.5 Å². The number of hydrogen-bond donors (Lipinski definition) is 1. The van der Waals surface area contributed by atoms with Crippen molar-refractivity contribution in [1.82, 2.24) is 9.59 Å². The Hall–Kier alpha value is -1.86. The maximum absolute atomic E-state index is 9.32. The number of hydrogen-bond acceptors (Lipinski definition) is 6. The molecule has 0 aliphatic heterocycles. The van der Waals surface area contributed by atoms with Gasteiger partial charge in [-0.15, -0.1) is 5.10 Å². The molecule has 6 nitrogen and oxygen atoms in total. The number of ether oxygens (including phenoxy) is 1. The van der Waals surface area contributed by atoms with E-state index in [9.17, 15) is 5.11 Å². The van der Waals surface area contributed by atoms with Crippen LogP contribution < -0.4 is 4.74 Å². The Morgan fingerprint density at radius 3 is 2.78 bits per heavy atom. The zero-order chi connectivity index (χ0) is 12.8. The van der Waals surface area contributed by atoms with Crippen LogP contribution in [0.4, 0.5) is 0 Å². The summed E-state index contributed by atoms with van der Waals surface area (Å²) in [5.41, 5.74) is 10.1. The Morgan fingerprint density at radius 2 is 2.17 bits per heavy atom. The number of nitrogens with zero attached hydrogens (tertiary/aromatic N) is 4.